The summed E-state index contributed by atoms with van der Waals surface area (Å²) >= 11 is 0. The van der Waals surface area contributed by atoms with E-state index in [4.69, 9.17) is 5.11 Å². The van der Waals surface area contributed by atoms with E-state index in [0.717, 1.165) is 29.5 Å². The molecule has 1 N–H and O–H groups in total. The molecule has 0 spiro atoms. The Balaban J connectivity index is 3.53. The van der Waals surface area contributed by atoms with E-state index >= 15 is 0 Å². The van der Waals surface area contributed by atoms with Gasteiger partial charge in [0.2, 0.25) is 0 Å². The number of rotatable bonds is 3. The zero-order valence-corrected chi connectivity index (χ0v) is 9.85. The number of carboxylic acids is 1. The molecule has 0 aliphatic carbocycles. The molecule has 2 nitrogen and oxygen atoms in total. The first kappa shape index (κ1) is 11.8. The molecule has 0 fully saturated rings. The van der Waals surface area contributed by atoms with Crippen LogP contribution in [0.25, 0.3) is 0 Å². The van der Waals surface area contributed by atoms with Crippen LogP contribution < -0.4 is 0 Å². The number of hydrogen-bond acceptors (Lipinski definition) is 1. The van der Waals surface area contributed by atoms with Crippen LogP contribution in [0.1, 0.15) is 46.5 Å². The number of carboxylic acid groups (broad SMARTS) is 1. The molecule has 1 rings (SSSR count). The van der Waals surface area contributed by atoms with E-state index < -0.39 is 5.97 Å². The van der Waals surface area contributed by atoms with Crippen LogP contribution in [0.4, 0.5) is 0 Å². The number of carbonyl (C=O) groups is 1. The highest BCUT2D eigenvalue weighted by molar-refractivity contribution is 5.91. The maximum absolute atomic E-state index is 11.2. The van der Waals surface area contributed by atoms with Crippen molar-refractivity contribution in [1.29, 1.82) is 0 Å². The number of aromatic carboxylic acids is 1. The summed E-state index contributed by atoms with van der Waals surface area (Å²) in [4.78, 5) is 11.2. The fraction of sp³-hybridized carbons (Fsp3) is 0.462. The minimum absolute atomic E-state index is 0.493. The minimum atomic E-state index is -0.810. The number of benzene rings is 1. The third kappa shape index (κ3) is 2.04. The third-order valence-electron chi connectivity index (χ3n) is 2.97. The first-order chi connectivity index (χ1) is 7.02. The lowest BCUT2D eigenvalue weighted by Gasteiger charge is -2.14. The van der Waals surface area contributed by atoms with Crippen LogP contribution in [0.15, 0.2) is 6.07 Å². The monoisotopic (exact) mass is 206 g/mol. The van der Waals surface area contributed by atoms with Crippen molar-refractivity contribution in [2.45, 2.75) is 40.5 Å². The van der Waals surface area contributed by atoms with Crippen LogP contribution in [-0.4, -0.2) is 11.1 Å². The Hall–Kier alpha value is -1.31. The summed E-state index contributed by atoms with van der Waals surface area (Å²) in [5.41, 5.74) is 4.76. The zero-order chi connectivity index (χ0) is 11.6. The zero-order valence-electron chi connectivity index (χ0n) is 9.85. The molecule has 15 heavy (non-hydrogen) atoms. The molecule has 0 aliphatic rings. The van der Waals surface area contributed by atoms with E-state index in [2.05, 4.69) is 6.92 Å². The quantitative estimate of drug-likeness (QED) is 0.825. The van der Waals surface area contributed by atoms with Crippen LogP contribution in [-0.2, 0) is 12.8 Å². The molecule has 2 heteroatoms. The Labute approximate surface area is 90.9 Å². The maximum Gasteiger partial charge on any atom is 0.336 e. The normalized spacial score (nSPS) is 10.4. The number of hydrogen-bond donors (Lipinski definition) is 1. The molecule has 82 valence electrons. The lowest BCUT2D eigenvalue weighted by atomic mass is 9.90. The molecule has 0 amide bonds. The molecular formula is C13H18O2. The molecule has 1 aromatic rings. The first-order valence-corrected chi connectivity index (χ1v) is 5.38. The van der Waals surface area contributed by atoms with Gasteiger partial charge < -0.3 is 5.11 Å². The van der Waals surface area contributed by atoms with Crippen molar-refractivity contribution in [1.82, 2.24) is 0 Å². The standard InChI is InChI=1S/C13H18O2/c1-5-10-7-8(3)12(13(14)15)11(6-2)9(10)4/h7H,5-6H2,1-4H3,(H,14,15). The minimum Gasteiger partial charge on any atom is -0.478 e. The molecule has 0 aliphatic heterocycles. The summed E-state index contributed by atoms with van der Waals surface area (Å²) < 4.78 is 0. The van der Waals surface area contributed by atoms with Gasteiger partial charge in [-0.25, -0.2) is 4.79 Å². The predicted molar refractivity (Wildman–Crippen MR) is 61.6 cm³/mol. The maximum atomic E-state index is 11.2. The van der Waals surface area contributed by atoms with Gasteiger partial charge in [0.05, 0.1) is 5.56 Å². The second kappa shape index (κ2) is 4.47. The van der Waals surface area contributed by atoms with Crippen molar-refractivity contribution < 1.29 is 9.90 Å². The fourth-order valence-corrected chi connectivity index (χ4v) is 2.17. The van der Waals surface area contributed by atoms with Gasteiger partial charge in [0.15, 0.2) is 0 Å². The van der Waals surface area contributed by atoms with Crippen LogP contribution in [0, 0.1) is 13.8 Å². The van der Waals surface area contributed by atoms with Crippen LogP contribution in [0.2, 0.25) is 0 Å². The molecule has 0 atom stereocenters. The van der Waals surface area contributed by atoms with Gasteiger partial charge in [0.1, 0.15) is 0 Å². The van der Waals surface area contributed by atoms with Crippen LogP contribution in [0.3, 0.4) is 0 Å². The van der Waals surface area contributed by atoms with Gasteiger partial charge in [0, 0.05) is 0 Å². The molecule has 0 saturated heterocycles. The topological polar surface area (TPSA) is 37.3 Å². The molecule has 0 heterocycles. The Morgan fingerprint density at radius 3 is 2.27 bits per heavy atom. The highest BCUT2D eigenvalue weighted by atomic mass is 16.4. The third-order valence-corrected chi connectivity index (χ3v) is 2.97. The largest absolute Gasteiger partial charge is 0.478 e. The highest BCUT2D eigenvalue weighted by Crippen LogP contribution is 2.23. The molecule has 0 bridgehead atoms. The average Bonchev–Trinajstić information content (AvgIpc) is 2.19. The van der Waals surface area contributed by atoms with Crippen molar-refractivity contribution in [3.63, 3.8) is 0 Å². The summed E-state index contributed by atoms with van der Waals surface area (Å²) in [5.74, 6) is -0.810. The smallest absolute Gasteiger partial charge is 0.336 e. The summed E-state index contributed by atoms with van der Waals surface area (Å²) in [6.07, 6.45) is 1.74. The summed E-state index contributed by atoms with van der Waals surface area (Å²) in [7, 11) is 0. The summed E-state index contributed by atoms with van der Waals surface area (Å²) in [6, 6.07) is 2.00. The molecule has 0 aromatic heterocycles. The Bertz CT molecular complexity index is 392. The van der Waals surface area contributed by atoms with Crippen molar-refractivity contribution in [2.24, 2.45) is 0 Å². The summed E-state index contributed by atoms with van der Waals surface area (Å²) in [5, 5.41) is 9.17. The van der Waals surface area contributed by atoms with E-state index in [0.29, 0.717) is 5.56 Å². The second-order valence-corrected chi connectivity index (χ2v) is 3.84. The molecular weight excluding hydrogens is 188 g/mol. The first-order valence-electron chi connectivity index (χ1n) is 5.38. The SMILES string of the molecule is CCc1cc(C)c(C(=O)O)c(CC)c1C. The van der Waals surface area contributed by atoms with Crippen LogP contribution in [0.5, 0.6) is 0 Å². The van der Waals surface area contributed by atoms with Gasteiger partial charge in [-0.1, -0.05) is 19.9 Å². The van der Waals surface area contributed by atoms with Crippen molar-refractivity contribution in [3.8, 4) is 0 Å². The second-order valence-electron chi connectivity index (χ2n) is 3.84. The van der Waals surface area contributed by atoms with Gasteiger partial charge in [-0.3, -0.25) is 0 Å². The Morgan fingerprint density at radius 1 is 1.27 bits per heavy atom. The lowest BCUT2D eigenvalue weighted by molar-refractivity contribution is 0.0695. The van der Waals surface area contributed by atoms with Gasteiger partial charge in [-0.15, -0.1) is 0 Å². The van der Waals surface area contributed by atoms with Gasteiger partial charge in [-0.05, 0) is 48.9 Å². The molecule has 0 saturated carbocycles. The van der Waals surface area contributed by atoms with Gasteiger partial charge in [-0.2, -0.15) is 0 Å². The number of aryl methyl sites for hydroxylation is 2. The van der Waals surface area contributed by atoms with Crippen molar-refractivity contribution in [3.05, 3.63) is 33.9 Å². The van der Waals surface area contributed by atoms with Gasteiger partial charge >= 0.3 is 5.97 Å². The Morgan fingerprint density at radius 2 is 1.87 bits per heavy atom. The Kier molecular flexibility index (Phi) is 3.51. The van der Waals surface area contributed by atoms with Crippen molar-refractivity contribution in [2.75, 3.05) is 0 Å². The van der Waals surface area contributed by atoms with E-state index in [1.165, 1.54) is 5.56 Å². The molecule has 1 aromatic carbocycles. The average molecular weight is 206 g/mol. The van der Waals surface area contributed by atoms with Gasteiger partial charge in [0.25, 0.3) is 0 Å². The van der Waals surface area contributed by atoms with Crippen molar-refractivity contribution >= 4 is 5.97 Å². The fourth-order valence-electron chi connectivity index (χ4n) is 2.17. The van der Waals surface area contributed by atoms with Crippen LogP contribution >= 0.6 is 0 Å². The van der Waals surface area contributed by atoms with E-state index in [1.807, 2.05) is 26.8 Å². The van der Waals surface area contributed by atoms with E-state index in [-0.39, 0.29) is 0 Å². The highest BCUT2D eigenvalue weighted by Gasteiger charge is 2.16. The summed E-state index contributed by atoms with van der Waals surface area (Å²) in [6.45, 7) is 8.00. The molecule has 0 unspecified atom stereocenters. The van der Waals surface area contributed by atoms with E-state index in [1.54, 1.807) is 0 Å². The van der Waals surface area contributed by atoms with E-state index in [9.17, 15) is 4.79 Å². The molecule has 0 radical (unpaired) electrons. The predicted octanol–water partition coefficient (Wildman–Crippen LogP) is 3.13. The lowest BCUT2D eigenvalue weighted by Crippen LogP contribution is -2.08.